The molecule has 37 heavy (non-hydrogen) atoms. The first-order valence-electron chi connectivity index (χ1n) is 11.4. The number of alkyl halides is 3. The maximum absolute atomic E-state index is 14.1. The highest BCUT2D eigenvalue weighted by molar-refractivity contribution is 7.90. The van der Waals surface area contributed by atoms with Crippen LogP contribution in [0.4, 0.5) is 13.2 Å². The first kappa shape index (κ1) is 26.9. The summed E-state index contributed by atoms with van der Waals surface area (Å²) in [5.41, 5.74) is 0.544. The molecule has 5 nitrogen and oxygen atoms in total. The Kier molecular flexibility index (Phi) is 6.79. The van der Waals surface area contributed by atoms with Crippen molar-refractivity contribution in [2.24, 2.45) is 0 Å². The van der Waals surface area contributed by atoms with Crippen LogP contribution in [-0.4, -0.2) is 25.5 Å². The van der Waals surface area contributed by atoms with Crippen LogP contribution in [0, 0.1) is 6.92 Å². The summed E-state index contributed by atoms with van der Waals surface area (Å²) in [6.07, 6.45) is -4.48. The molecule has 0 fully saturated rings. The standard InChI is InChI=1S/C27H26F3NO4S2/c1-16-21-14-18(27(28,29)30)9-11-22(21)31(23(16)15-19-10-12-24(36-19)25(32)35-5)37(33,34)20-8-6-7-17(13-20)26(2,3)4/h6-14H,15H2,1-5H3. The van der Waals surface area contributed by atoms with Crippen molar-refractivity contribution in [2.45, 2.75) is 50.6 Å². The molecule has 0 amide bonds. The SMILES string of the molecule is COC(=O)c1ccc(Cc2c(C)c3cc(C(F)(F)F)ccc3n2S(=O)(=O)c2cccc(C(C)(C)C)c2)s1. The number of benzene rings is 2. The van der Waals surface area contributed by atoms with E-state index in [-0.39, 0.29) is 27.6 Å². The molecule has 0 aliphatic heterocycles. The van der Waals surface area contributed by atoms with Gasteiger partial charge in [0.05, 0.1) is 23.1 Å². The van der Waals surface area contributed by atoms with Crippen LogP contribution < -0.4 is 0 Å². The van der Waals surface area contributed by atoms with E-state index in [1.54, 1.807) is 31.2 Å². The molecule has 196 valence electrons. The molecule has 0 radical (unpaired) electrons. The summed E-state index contributed by atoms with van der Waals surface area (Å²) in [5, 5.41) is 0.199. The molecule has 0 N–H and O–H groups in total. The largest absolute Gasteiger partial charge is 0.465 e. The Morgan fingerprint density at radius 2 is 1.70 bits per heavy atom. The molecule has 2 heterocycles. The lowest BCUT2D eigenvalue weighted by Crippen LogP contribution is -2.18. The number of fused-ring (bicyclic) bond motifs is 1. The van der Waals surface area contributed by atoms with Crippen LogP contribution in [-0.2, 0) is 32.8 Å². The number of aryl methyl sites for hydroxylation is 1. The molecule has 4 aromatic rings. The van der Waals surface area contributed by atoms with Gasteiger partial charge in [0.1, 0.15) is 4.88 Å². The highest BCUT2D eigenvalue weighted by Gasteiger charge is 2.33. The lowest BCUT2D eigenvalue weighted by atomic mass is 9.87. The summed E-state index contributed by atoms with van der Waals surface area (Å²) in [4.78, 5) is 13.0. The molecule has 10 heteroatoms. The van der Waals surface area contributed by atoms with Crippen LogP contribution in [0.15, 0.2) is 59.5 Å². The van der Waals surface area contributed by atoms with Crippen molar-refractivity contribution >= 4 is 38.2 Å². The molecular weight excluding hydrogens is 523 g/mol. The Balaban J connectivity index is 1.97. The second-order valence-corrected chi connectivity index (χ2v) is 12.7. The predicted molar refractivity (Wildman–Crippen MR) is 138 cm³/mol. The second kappa shape index (κ2) is 9.33. The Bertz CT molecular complexity index is 1610. The first-order chi connectivity index (χ1) is 17.1. The average molecular weight is 550 g/mol. The van der Waals surface area contributed by atoms with E-state index in [0.717, 1.165) is 33.0 Å². The van der Waals surface area contributed by atoms with E-state index in [1.165, 1.54) is 19.2 Å². The smallest absolute Gasteiger partial charge is 0.416 e. The number of halogens is 3. The number of rotatable bonds is 5. The monoisotopic (exact) mass is 549 g/mol. The highest BCUT2D eigenvalue weighted by atomic mass is 32.2. The van der Waals surface area contributed by atoms with E-state index >= 15 is 0 Å². The van der Waals surface area contributed by atoms with Gasteiger partial charge in [0, 0.05) is 22.4 Å². The van der Waals surface area contributed by atoms with E-state index in [9.17, 15) is 26.4 Å². The van der Waals surface area contributed by atoms with Crippen LogP contribution in [0.5, 0.6) is 0 Å². The lowest BCUT2D eigenvalue weighted by molar-refractivity contribution is -0.137. The van der Waals surface area contributed by atoms with Gasteiger partial charge in [-0.25, -0.2) is 17.2 Å². The Morgan fingerprint density at radius 1 is 1.00 bits per heavy atom. The van der Waals surface area contributed by atoms with E-state index in [4.69, 9.17) is 4.74 Å². The van der Waals surface area contributed by atoms with E-state index in [1.807, 2.05) is 26.8 Å². The van der Waals surface area contributed by atoms with E-state index in [0.29, 0.717) is 21.0 Å². The van der Waals surface area contributed by atoms with Gasteiger partial charge < -0.3 is 4.74 Å². The predicted octanol–water partition coefficient (Wildman–Crippen LogP) is 6.94. The molecule has 2 aromatic heterocycles. The molecule has 2 aromatic carbocycles. The van der Waals surface area contributed by atoms with Crippen LogP contribution >= 0.6 is 11.3 Å². The Labute approximate surface area is 217 Å². The molecular formula is C27H26F3NO4S2. The third-order valence-corrected chi connectivity index (χ3v) is 9.07. The second-order valence-electron chi connectivity index (χ2n) is 9.78. The molecule has 0 atom stereocenters. The number of carbonyl (C=O) groups is 1. The zero-order valence-corrected chi connectivity index (χ0v) is 22.6. The molecule has 0 unspecified atom stereocenters. The summed E-state index contributed by atoms with van der Waals surface area (Å²) in [6, 6.07) is 12.9. The molecule has 0 bridgehead atoms. The molecule has 0 aliphatic rings. The summed E-state index contributed by atoms with van der Waals surface area (Å²) in [5.74, 6) is -0.519. The highest BCUT2D eigenvalue weighted by Crippen LogP contribution is 2.37. The van der Waals surface area contributed by atoms with Crippen LogP contribution in [0.1, 0.15) is 57.7 Å². The molecule has 0 spiro atoms. The van der Waals surface area contributed by atoms with E-state index in [2.05, 4.69) is 0 Å². The van der Waals surface area contributed by atoms with Gasteiger partial charge in [-0.15, -0.1) is 11.3 Å². The Hall–Kier alpha value is -3.11. The van der Waals surface area contributed by atoms with Crippen LogP contribution in [0.2, 0.25) is 0 Å². The summed E-state index contributed by atoms with van der Waals surface area (Å²) < 4.78 is 74.5. The van der Waals surface area contributed by atoms with E-state index < -0.39 is 27.7 Å². The van der Waals surface area contributed by atoms with Gasteiger partial charge in [0.25, 0.3) is 10.0 Å². The normalized spacial score (nSPS) is 12.8. The number of methoxy groups -OCH3 is 1. The molecule has 4 rings (SSSR count). The van der Waals surface area contributed by atoms with Gasteiger partial charge >= 0.3 is 12.1 Å². The van der Waals surface area contributed by atoms with Crippen molar-refractivity contribution in [3.05, 3.63) is 86.7 Å². The Morgan fingerprint density at radius 3 is 2.32 bits per heavy atom. The number of carbonyl (C=O) groups excluding carboxylic acids is 1. The average Bonchev–Trinajstić information content (AvgIpc) is 3.40. The third kappa shape index (κ3) is 5.04. The van der Waals surface area contributed by atoms with Gasteiger partial charge in [-0.3, -0.25) is 0 Å². The zero-order chi connectivity index (χ0) is 27.3. The van der Waals surface area contributed by atoms with Gasteiger partial charge in [-0.05, 0) is 65.9 Å². The minimum Gasteiger partial charge on any atom is -0.465 e. The maximum atomic E-state index is 14.1. The first-order valence-corrected chi connectivity index (χ1v) is 13.6. The number of ether oxygens (including phenoxy) is 1. The van der Waals surface area contributed by atoms with Crippen LogP contribution in [0.25, 0.3) is 10.9 Å². The molecule has 0 aliphatic carbocycles. The van der Waals surface area contributed by atoms with Crippen molar-refractivity contribution in [3.8, 4) is 0 Å². The lowest BCUT2D eigenvalue weighted by Gasteiger charge is -2.20. The quantitative estimate of drug-likeness (QED) is 0.253. The van der Waals surface area contributed by atoms with Gasteiger partial charge in [-0.2, -0.15) is 13.2 Å². The fourth-order valence-corrected chi connectivity index (χ4v) is 6.78. The fraction of sp³-hybridized carbons (Fsp3) is 0.296. The van der Waals surface area contributed by atoms with Crippen molar-refractivity contribution in [2.75, 3.05) is 7.11 Å². The van der Waals surface area contributed by atoms with Crippen molar-refractivity contribution < 1.29 is 31.1 Å². The van der Waals surface area contributed by atoms with Crippen molar-refractivity contribution in [1.82, 2.24) is 3.97 Å². The summed E-state index contributed by atoms with van der Waals surface area (Å²) >= 11 is 1.14. The number of hydrogen-bond donors (Lipinski definition) is 0. The summed E-state index contributed by atoms with van der Waals surface area (Å²) in [7, 11) is -2.93. The number of thiophene rings is 1. The van der Waals surface area contributed by atoms with Gasteiger partial charge in [0.15, 0.2) is 0 Å². The third-order valence-electron chi connectivity index (χ3n) is 6.25. The van der Waals surface area contributed by atoms with Crippen molar-refractivity contribution in [3.63, 3.8) is 0 Å². The summed E-state index contributed by atoms with van der Waals surface area (Å²) in [6.45, 7) is 7.51. The minimum absolute atomic E-state index is 0.0411. The zero-order valence-electron chi connectivity index (χ0n) is 20.9. The number of nitrogens with zero attached hydrogens (tertiary/aromatic N) is 1. The van der Waals surface area contributed by atoms with Crippen LogP contribution in [0.3, 0.4) is 0 Å². The fourth-order valence-electron chi connectivity index (χ4n) is 4.20. The molecule has 0 saturated carbocycles. The maximum Gasteiger partial charge on any atom is 0.416 e. The van der Waals surface area contributed by atoms with Crippen molar-refractivity contribution in [1.29, 1.82) is 0 Å². The van der Waals surface area contributed by atoms with Gasteiger partial charge in [0.2, 0.25) is 0 Å². The topological polar surface area (TPSA) is 65.4 Å². The molecule has 0 saturated heterocycles. The minimum atomic E-state index is -4.58. The number of esters is 1. The number of hydrogen-bond acceptors (Lipinski definition) is 5. The number of aromatic nitrogens is 1. The van der Waals surface area contributed by atoms with Gasteiger partial charge in [-0.1, -0.05) is 32.9 Å².